The molecule has 1 amide bonds. The van der Waals surface area contributed by atoms with Crippen LogP contribution in [0.25, 0.3) is 0 Å². The number of thiazole rings is 1. The van der Waals surface area contributed by atoms with Crippen LogP contribution in [0.3, 0.4) is 0 Å². The summed E-state index contributed by atoms with van der Waals surface area (Å²) >= 11 is 1.56. The van der Waals surface area contributed by atoms with Crippen molar-refractivity contribution in [2.45, 2.75) is 44.9 Å². The molecule has 3 N–H and O–H groups in total. The van der Waals surface area contributed by atoms with Crippen LogP contribution in [0.5, 0.6) is 0 Å². The van der Waals surface area contributed by atoms with Crippen LogP contribution in [0.15, 0.2) is 41.9 Å². The van der Waals surface area contributed by atoms with E-state index in [1.807, 2.05) is 5.38 Å². The van der Waals surface area contributed by atoms with E-state index in [0.717, 1.165) is 55.6 Å². The van der Waals surface area contributed by atoms with Crippen molar-refractivity contribution >= 4 is 17.2 Å². The zero-order valence-corrected chi connectivity index (χ0v) is 20.1. The fourth-order valence-corrected chi connectivity index (χ4v) is 5.77. The lowest BCUT2D eigenvalue weighted by molar-refractivity contribution is 0.0942. The first-order chi connectivity index (χ1) is 16.7. The first-order valence-corrected chi connectivity index (χ1v) is 13.1. The molecule has 178 valence electrons. The molecule has 1 saturated carbocycles. The third kappa shape index (κ3) is 4.65. The largest absolute Gasteiger partial charge is 0.344 e. The molecular formula is C25H31N7OS. The van der Waals surface area contributed by atoms with Gasteiger partial charge in [-0.1, -0.05) is 30.3 Å². The molecule has 2 atom stereocenters. The van der Waals surface area contributed by atoms with Crippen LogP contribution in [-0.4, -0.2) is 45.2 Å². The fraction of sp³-hybridized carbons (Fsp3) is 0.480. The van der Waals surface area contributed by atoms with Gasteiger partial charge in [0.15, 0.2) is 5.69 Å². The molecule has 6 rings (SSSR count). The van der Waals surface area contributed by atoms with Crippen molar-refractivity contribution in [3.63, 3.8) is 0 Å². The standard InChI is InChI=1S/C25H31N7OS/c33-25(27-13-22-26-9-11-34-22)24-20-16-31(10-8-21(20)32(30-24)14-17-6-7-17)15-19-12-28-29-23(19)18-4-2-1-3-5-18/h1-5,9,11,17,19,23,28-29H,6-8,10,12-16H2,(H,27,33). The summed E-state index contributed by atoms with van der Waals surface area (Å²) in [6, 6.07) is 10.9. The van der Waals surface area contributed by atoms with Gasteiger partial charge >= 0.3 is 0 Å². The van der Waals surface area contributed by atoms with Gasteiger partial charge in [-0.25, -0.2) is 10.4 Å². The molecule has 34 heavy (non-hydrogen) atoms. The molecule has 0 bridgehead atoms. The van der Waals surface area contributed by atoms with Gasteiger partial charge in [0.2, 0.25) is 0 Å². The summed E-state index contributed by atoms with van der Waals surface area (Å²) in [4.78, 5) is 19.9. The zero-order chi connectivity index (χ0) is 22.9. The number of aromatic nitrogens is 3. The van der Waals surface area contributed by atoms with Crippen LogP contribution in [0.1, 0.15) is 51.2 Å². The Morgan fingerprint density at radius 3 is 2.88 bits per heavy atom. The minimum Gasteiger partial charge on any atom is -0.344 e. The predicted molar refractivity (Wildman–Crippen MR) is 131 cm³/mol. The van der Waals surface area contributed by atoms with Crippen molar-refractivity contribution < 1.29 is 4.79 Å². The number of nitrogens with zero attached hydrogens (tertiary/aromatic N) is 4. The number of nitrogens with one attached hydrogen (secondary N) is 3. The predicted octanol–water partition coefficient (Wildman–Crippen LogP) is 2.50. The first-order valence-electron chi connectivity index (χ1n) is 12.3. The summed E-state index contributed by atoms with van der Waals surface area (Å²) in [5.74, 6) is 1.09. The Bertz CT molecular complexity index is 1130. The Hall–Kier alpha value is -2.59. The normalized spacial score (nSPS) is 22.6. The van der Waals surface area contributed by atoms with Gasteiger partial charge in [-0.05, 0) is 24.3 Å². The molecule has 0 spiro atoms. The maximum atomic E-state index is 13.2. The van der Waals surface area contributed by atoms with Crippen LogP contribution >= 0.6 is 11.3 Å². The zero-order valence-electron chi connectivity index (χ0n) is 19.2. The molecule has 0 radical (unpaired) electrons. The molecule has 4 heterocycles. The van der Waals surface area contributed by atoms with E-state index < -0.39 is 0 Å². The van der Waals surface area contributed by atoms with E-state index in [-0.39, 0.29) is 5.91 Å². The summed E-state index contributed by atoms with van der Waals surface area (Å²) in [7, 11) is 0. The van der Waals surface area contributed by atoms with E-state index in [2.05, 4.69) is 61.1 Å². The van der Waals surface area contributed by atoms with Crippen LogP contribution in [0.4, 0.5) is 0 Å². The van der Waals surface area contributed by atoms with Crippen LogP contribution in [0, 0.1) is 11.8 Å². The van der Waals surface area contributed by atoms with Crippen molar-refractivity contribution in [3.8, 4) is 0 Å². The Morgan fingerprint density at radius 2 is 2.09 bits per heavy atom. The minimum atomic E-state index is -0.0887. The van der Waals surface area contributed by atoms with E-state index in [9.17, 15) is 4.79 Å². The Morgan fingerprint density at radius 1 is 1.21 bits per heavy atom. The van der Waals surface area contributed by atoms with Gasteiger partial charge in [0.05, 0.1) is 12.6 Å². The van der Waals surface area contributed by atoms with Crippen molar-refractivity contribution in [1.29, 1.82) is 0 Å². The molecule has 2 aromatic heterocycles. The molecule has 2 aliphatic heterocycles. The summed E-state index contributed by atoms with van der Waals surface area (Å²) in [5.41, 5.74) is 11.1. The second kappa shape index (κ2) is 9.58. The molecule has 1 aromatic carbocycles. The van der Waals surface area contributed by atoms with Crippen molar-refractivity contribution in [2.75, 3.05) is 19.6 Å². The van der Waals surface area contributed by atoms with Crippen molar-refractivity contribution in [3.05, 3.63) is 69.4 Å². The number of hydrogen-bond acceptors (Lipinski definition) is 7. The minimum absolute atomic E-state index is 0.0887. The van der Waals surface area contributed by atoms with E-state index in [0.29, 0.717) is 24.2 Å². The number of fused-ring (bicyclic) bond motifs is 1. The highest BCUT2D eigenvalue weighted by Gasteiger charge is 2.34. The van der Waals surface area contributed by atoms with E-state index in [1.54, 1.807) is 17.5 Å². The number of rotatable bonds is 8. The molecule has 1 saturated heterocycles. The topological polar surface area (TPSA) is 87.1 Å². The molecule has 2 fully saturated rings. The van der Waals surface area contributed by atoms with E-state index in [1.165, 1.54) is 24.1 Å². The number of hydrogen-bond donors (Lipinski definition) is 3. The van der Waals surface area contributed by atoms with Gasteiger partial charge in [-0.3, -0.25) is 19.8 Å². The third-order valence-corrected chi connectivity index (χ3v) is 7.96. The fourth-order valence-electron chi connectivity index (χ4n) is 5.21. The number of amides is 1. The third-order valence-electron chi connectivity index (χ3n) is 7.18. The highest BCUT2D eigenvalue weighted by Crippen LogP contribution is 2.33. The van der Waals surface area contributed by atoms with Gasteiger partial charge in [0.1, 0.15) is 5.01 Å². The van der Waals surface area contributed by atoms with Gasteiger partial charge in [-0.2, -0.15) is 5.10 Å². The quantitative estimate of drug-likeness (QED) is 0.462. The van der Waals surface area contributed by atoms with Gasteiger partial charge in [0, 0.05) is 67.9 Å². The molecular weight excluding hydrogens is 446 g/mol. The lowest BCUT2D eigenvalue weighted by atomic mass is 9.93. The summed E-state index contributed by atoms with van der Waals surface area (Å²) < 4.78 is 2.13. The Kier molecular flexibility index (Phi) is 6.17. The van der Waals surface area contributed by atoms with Gasteiger partial charge in [-0.15, -0.1) is 11.3 Å². The average molecular weight is 478 g/mol. The number of benzene rings is 1. The lowest BCUT2D eigenvalue weighted by Gasteiger charge is -2.31. The smallest absolute Gasteiger partial charge is 0.272 e. The molecule has 3 aromatic rings. The van der Waals surface area contributed by atoms with Crippen molar-refractivity contribution in [1.82, 2.24) is 35.8 Å². The molecule has 8 nitrogen and oxygen atoms in total. The number of carbonyl (C=O) groups is 1. The molecule has 1 aliphatic carbocycles. The average Bonchev–Trinajstić information content (AvgIpc) is 3.23. The summed E-state index contributed by atoms with van der Waals surface area (Å²) in [6.07, 6.45) is 5.26. The summed E-state index contributed by atoms with van der Waals surface area (Å²) in [6.45, 7) is 5.08. The van der Waals surface area contributed by atoms with Crippen LogP contribution in [-0.2, 0) is 26.1 Å². The SMILES string of the molecule is O=C(NCc1nccs1)c1nn(CC2CC2)c2c1CN(CC1CNNC1c1ccccc1)CC2. The Labute approximate surface area is 203 Å². The highest BCUT2D eigenvalue weighted by atomic mass is 32.1. The molecule has 2 unspecified atom stereocenters. The van der Waals surface area contributed by atoms with E-state index >= 15 is 0 Å². The summed E-state index contributed by atoms with van der Waals surface area (Å²) in [5, 5.41) is 10.7. The maximum Gasteiger partial charge on any atom is 0.272 e. The van der Waals surface area contributed by atoms with Gasteiger partial charge < -0.3 is 5.32 Å². The lowest BCUT2D eigenvalue weighted by Crippen LogP contribution is -2.38. The Balaban J connectivity index is 1.19. The van der Waals surface area contributed by atoms with Crippen LogP contribution < -0.4 is 16.2 Å². The first kappa shape index (κ1) is 21.9. The second-order valence-corrected chi connectivity index (χ2v) is 10.6. The highest BCUT2D eigenvalue weighted by molar-refractivity contribution is 7.09. The van der Waals surface area contributed by atoms with Crippen molar-refractivity contribution in [2.24, 2.45) is 11.8 Å². The monoisotopic (exact) mass is 477 g/mol. The number of carbonyl (C=O) groups excluding carboxylic acids is 1. The van der Waals surface area contributed by atoms with Crippen LogP contribution in [0.2, 0.25) is 0 Å². The van der Waals surface area contributed by atoms with E-state index in [4.69, 9.17) is 5.10 Å². The maximum absolute atomic E-state index is 13.2. The molecule has 9 heteroatoms. The second-order valence-electron chi connectivity index (χ2n) is 9.67. The number of hydrazine groups is 1. The molecule has 3 aliphatic rings. The van der Waals surface area contributed by atoms with Gasteiger partial charge in [0.25, 0.3) is 5.91 Å².